The van der Waals surface area contributed by atoms with Crippen LogP contribution in [0.5, 0.6) is 0 Å². The highest BCUT2D eigenvalue weighted by molar-refractivity contribution is 6.58. The molecule has 1 aliphatic heterocycles. The number of alkyl halides is 1. The summed E-state index contributed by atoms with van der Waals surface area (Å²) in [5.41, 5.74) is 1.02. The van der Waals surface area contributed by atoms with E-state index < -0.39 is 7.12 Å². The van der Waals surface area contributed by atoms with Crippen molar-refractivity contribution in [2.75, 3.05) is 11.4 Å². The van der Waals surface area contributed by atoms with Gasteiger partial charge in [-0.3, -0.25) is 4.79 Å². The van der Waals surface area contributed by atoms with Crippen LogP contribution in [-0.2, 0) is 4.79 Å². The number of nitrogens with zero attached hydrogens (tertiary/aromatic N) is 1. The smallest absolute Gasteiger partial charge is 0.423 e. The molecular formula is C10H11BClNO3. The average Bonchev–Trinajstić information content (AvgIpc) is 2.58. The van der Waals surface area contributed by atoms with Crippen LogP contribution in [0.3, 0.4) is 0 Å². The number of carbonyl (C=O) groups excluding carboxylic acids is 1. The summed E-state index contributed by atoms with van der Waals surface area (Å²) in [5.74, 6) is -0.0374. The Morgan fingerprint density at radius 2 is 2.19 bits per heavy atom. The molecule has 1 fully saturated rings. The van der Waals surface area contributed by atoms with E-state index in [1.165, 1.54) is 0 Å². The van der Waals surface area contributed by atoms with Crippen LogP contribution in [0.1, 0.15) is 6.42 Å². The van der Waals surface area contributed by atoms with Gasteiger partial charge < -0.3 is 14.9 Å². The zero-order valence-electron chi connectivity index (χ0n) is 8.51. The van der Waals surface area contributed by atoms with Gasteiger partial charge in [-0.25, -0.2) is 0 Å². The first-order valence-electron chi connectivity index (χ1n) is 4.98. The Morgan fingerprint density at radius 1 is 1.44 bits per heavy atom. The fourth-order valence-electron chi connectivity index (χ4n) is 1.77. The normalized spacial score (nSPS) is 20.3. The highest BCUT2D eigenvalue weighted by Gasteiger charge is 2.29. The summed E-state index contributed by atoms with van der Waals surface area (Å²) in [6, 6.07) is 6.60. The van der Waals surface area contributed by atoms with E-state index in [4.69, 9.17) is 21.6 Å². The van der Waals surface area contributed by atoms with Crippen LogP contribution in [0.25, 0.3) is 0 Å². The third-order valence-corrected chi connectivity index (χ3v) is 2.85. The predicted octanol–water partition coefficient (Wildman–Crippen LogP) is -0.290. The van der Waals surface area contributed by atoms with Crippen molar-refractivity contribution in [3.8, 4) is 0 Å². The lowest BCUT2D eigenvalue weighted by atomic mass is 9.80. The number of hydrogen-bond acceptors (Lipinski definition) is 3. The Kier molecular flexibility index (Phi) is 3.19. The molecule has 84 valence electrons. The molecule has 0 radical (unpaired) electrons. The van der Waals surface area contributed by atoms with E-state index in [9.17, 15) is 4.79 Å². The number of anilines is 1. The SMILES string of the molecule is O=C1CC(Cl)CN1c1cccc(B(O)O)c1. The number of rotatable bonds is 2. The summed E-state index contributed by atoms with van der Waals surface area (Å²) in [4.78, 5) is 13.1. The molecule has 1 aliphatic rings. The monoisotopic (exact) mass is 239 g/mol. The molecular weight excluding hydrogens is 228 g/mol. The molecule has 4 nitrogen and oxygen atoms in total. The van der Waals surface area contributed by atoms with Crippen LogP contribution in [0.2, 0.25) is 0 Å². The molecule has 1 aromatic carbocycles. The largest absolute Gasteiger partial charge is 0.488 e. The summed E-state index contributed by atoms with van der Waals surface area (Å²) in [5, 5.41) is 17.9. The van der Waals surface area contributed by atoms with Crippen LogP contribution in [-0.4, -0.2) is 35.0 Å². The van der Waals surface area contributed by atoms with Crippen molar-refractivity contribution in [1.29, 1.82) is 0 Å². The van der Waals surface area contributed by atoms with Crippen molar-refractivity contribution in [2.24, 2.45) is 0 Å². The van der Waals surface area contributed by atoms with E-state index in [0.717, 1.165) is 0 Å². The topological polar surface area (TPSA) is 60.8 Å². The van der Waals surface area contributed by atoms with Crippen molar-refractivity contribution < 1.29 is 14.8 Å². The van der Waals surface area contributed by atoms with Gasteiger partial charge in [-0.1, -0.05) is 12.1 Å². The van der Waals surface area contributed by atoms with Gasteiger partial charge in [-0.15, -0.1) is 11.6 Å². The van der Waals surface area contributed by atoms with Crippen molar-refractivity contribution in [2.45, 2.75) is 11.8 Å². The van der Waals surface area contributed by atoms with E-state index in [-0.39, 0.29) is 11.3 Å². The Hall–Kier alpha value is -1.04. The molecule has 1 saturated heterocycles. The molecule has 0 aliphatic carbocycles. The Bertz CT molecular complexity index is 413. The van der Waals surface area contributed by atoms with Gasteiger partial charge in [0.25, 0.3) is 0 Å². The van der Waals surface area contributed by atoms with E-state index >= 15 is 0 Å². The van der Waals surface area contributed by atoms with Crippen molar-refractivity contribution in [3.05, 3.63) is 24.3 Å². The van der Waals surface area contributed by atoms with Gasteiger partial charge in [-0.2, -0.15) is 0 Å². The molecule has 1 amide bonds. The predicted molar refractivity (Wildman–Crippen MR) is 62.9 cm³/mol. The third kappa shape index (κ3) is 2.21. The molecule has 1 unspecified atom stereocenters. The van der Waals surface area contributed by atoms with E-state index in [1.54, 1.807) is 29.2 Å². The highest BCUT2D eigenvalue weighted by Crippen LogP contribution is 2.23. The minimum atomic E-state index is -1.52. The molecule has 0 bridgehead atoms. The zero-order chi connectivity index (χ0) is 11.7. The molecule has 0 aromatic heterocycles. The van der Waals surface area contributed by atoms with Crippen LogP contribution >= 0.6 is 11.6 Å². The second kappa shape index (κ2) is 4.45. The van der Waals surface area contributed by atoms with E-state index in [1.807, 2.05) is 0 Å². The van der Waals surface area contributed by atoms with E-state index in [2.05, 4.69) is 0 Å². The number of halogens is 1. The highest BCUT2D eigenvalue weighted by atomic mass is 35.5. The minimum absolute atomic E-state index is 0.0374. The van der Waals surface area contributed by atoms with Crippen LogP contribution in [0, 0.1) is 0 Å². The first-order chi connectivity index (χ1) is 7.58. The average molecular weight is 239 g/mol. The zero-order valence-corrected chi connectivity index (χ0v) is 9.26. The lowest BCUT2D eigenvalue weighted by Gasteiger charge is -2.16. The van der Waals surface area contributed by atoms with Gasteiger partial charge in [-0.05, 0) is 17.6 Å². The first kappa shape index (κ1) is 11.5. The van der Waals surface area contributed by atoms with Gasteiger partial charge in [0, 0.05) is 18.7 Å². The Balaban J connectivity index is 2.27. The summed E-state index contributed by atoms with van der Waals surface area (Å²) in [6.07, 6.45) is 0.327. The number of hydrogen-bond donors (Lipinski definition) is 2. The Morgan fingerprint density at radius 3 is 2.75 bits per heavy atom. The fraction of sp³-hybridized carbons (Fsp3) is 0.300. The second-order valence-electron chi connectivity index (χ2n) is 3.77. The van der Waals surface area contributed by atoms with E-state index in [0.29, 0.717) is 24.1 Å². The maximum Gasteiger partial charge on any atom is 0.488 e. The maximum absolute atomic E-state index is 11.6. The van der Waals surface area contributed by atoms with Crippen molar-refractivity contribution in [1.82, 2.24) is 0 Å². The standard InChI is InChI=1S/C10H11BClNO3/c12-8-5-10(14)13(6-8)9-3-1-2-7(4-9)11(15)16/h1-4,8,15-16H,5-6H2. The maximum atomic E-state index is 11.6. The fourth-order valence-corrected chi connectivity index (χ4v) is 2.04. The summed E-state index contributed by atoms with van der Waals surface area (Å²) < 4.78 is 0. The quantitative estimate of drug-likeness (QED) is 0.551. The van der Waals surface area contributed by atoms with Gasteiger partial charge in [0.15, 0.2) is 0 Å². The third-order valence-electron chi connectivity index (χ3n) is 2.56. The molecule has 2 rings (SSSR count). The molecule has 2 N–H and O–H groups in total. The van der Waals surface area contributed by atoms with Gasteiger partial charge in [0.2, 0.25) is 5.91 Å². The number of carbonyl (C=O) groups is 1. The molecule has 1 heterocycles. The number of benzene rings is 1. The lowest BCUT2D eigenvalue weighted by Crippen LogP contribution is -2.32. The lowest BCUT2D eigenvalue weighted by molar-refractivity contribution is -0.117. The summed E-state index contributed by atoms with van der Waals surface area (Å²) >= 11 is 5.89. The molecule has 1 atom stereocenters. The van der Waals surface area contributed by atoms with Gasteiger partial charge >= 0.3 is 7.12 Å². The van der Waals surface area contributed by atoms with Crippen LogP contribution < -0.4 is 10.4 Å². The summed E-state index contributed by atoms with van der Waals surface area (Å²) in [7, 11) is -1.52. The minimum Gasteiger partial charge on any atom is -0.423 e. The molecule has 6 heteroatoms. The molecule has 0 spiro atoms. The van der Waals surface area contributed by atoms with Gasteiger partial charge in [0.05, 0.1) is 5.38 Å². The first-order valence-corrected chi connectivity index (χ1v) is 5.42. The number of amides is 1. The Labute approximate surface area is 98.6 Å². The molecule has 16 heavy (non-hydrogen) atoms. The van der Waals surface area contributed by atoms with Crippen molar-refractivity contribution in [3.63, 3.8) is 0 Å². The van der Waals surface area contributed by atoms with Crippen LogP contribution in [0.15, 0.2) is 24.3 Å². The molecule has 1 aromatic rings. The van der Waals surface area contributed by atoms with Gasteiger partial charge in [0.1, 0.15) is 0 Å². The van der Waals surface area contributed by atoms with Crippen molar-refractivity contribution >= 4 is 35.8 Å². The van der Waals surface area contributed by atoms with Crippen LogP contribution in [0.4, 0.5) is 5.69 Å². The second-order valence-corrected chi connectivity index (χ2v) is 4.39. The molecule has 0 saturated carbocycles. The summed E-state index contributed by atoms with van der Waals surface area (Å²) in [6.45, 7) is 0.464.